The summed E-state index contributed by atoms with van der Waals surface area (Å²) in [5, 5.41) is 5.82. The van der Waals surface area contributed by atoms with E-state index in [-0.39, 0.29) is 0 Å². The summed E-state index contributed by atoms with van der Waals surface area (Å²) >= 11 is 1.79. The molecule has 156 valence electrons. The van der Waals surface area contributed by atoms with Crippen LogP contribution in [0.25, 0.3) is 10.2 Å². The van der Waals surface area contributed by atoms with Gasteiger partial charge in [-0.1, -0.05) is 0 Å². The molecule has 0 bridgehead atoms. The van der Waals surface area contributed by atoms with Crippen molar-refractivity contribution in [3.8, 4) is 5.75 Å². The monoisotopic (exact) mass is 421 g/mol. The van der Waals surface area contributed by atoms with Gasteiger partial charge in [-0.05, 0) is 81.4 Å². The molecule has 0 radical (unpaired) electrons. The van der Waals surface area contributed by atoms with Gasteiger partial charge in [0.1, 0.15) is 16.9 Å². The Labute approximate surface area is 181 Å². The number of benzene rings is 1. The van der Waals surface area contributed by atoms with Crippen LogP contribution in [0.15, 0.2) is 29.6 Å². The molecule has 30 heavy (non-hydrogen) atoms. The summed E-state index contributed by atoms with van der Waals surface area (Å²) in [6, 6.07) is 6.33. The molecule has 2 aliphatic rings. The number of hydrogen-bond acceptors (Lipinski definition) is 7. The Morgan fingerprint density at radius 3 is 2.90 bits per heavy atom. The Hall–Kier alpha value is -2.51. The standard InChI is InChI=1S/C23H27N5OS/c1-15(16-8-9-19(29-2)17(12-16)13-28-10-3-4-11-28)26-27-22-21-18-6-5-7-20(18)30-23(21)25-14-24-22/h8-9,12,14H,3-7,10-11,13H2,1-2H3,(H,24,25,27)/b26-15-. The van der Waals surface area contributed by atoms with Gasteiger partial charge < -0.3 is 4.74 Å². The van der Waals surface area contributed by atoms with E-state index in [9.17, 15) is 0 Å². The minimum atomic E-state index is 0.810. The molecule has 5 rings (SSSR count). The number of fused-ring (bicyclic) bond motifs is 3. The van der Waals surface area contributed by atoms with E-state index in [1.165, 1.54) is 35.3 Å². The minimum absolute atomic E-state index is 0.810. The highest BCUT2D eigenvalue weighted by atomic mass is 32.1. The van der Waals surface area contributed by atoms with E-state index in [0.29, 0.717) is 0 Å². The molecule has 0 saturated carbocycles. The molecule has 0 amide bonds. The Balaban J connectivity index is 1.41. The number of aryl methyl sites for hydroxylation is 2. The van der Waals surface area contributed by atoms with Crippen LogP contribution in [-0.4, -0.2) is 40.8 Å². The number of nitrogens with zero attached hydrogens (tertiary/aromatic N) is 4. The van der Waals surface area contributed by atoms with Crippen molar-refractivity contribution in [2.24, 2.45) is 5.10 Å². The molecule has 0 atom stereocenters. The number of thiophene rings is 1. The molecule has 3 aromatic rings. The van der Waals surface area contributed by atoms with E-state index in [2.05, 4.69) is 43.6 Å². The first-order chi connectivity index (χ1) is 14.7. The number of rotatable bonds is 6. The predicted octanol–water partition coefficient (Wildman–Crippen LogP) is 4.62. The lowest BCUT2D eigenvalue weighted by molar-refractivity contribution is 0.321. The summed E-state index contributed by atoms with van der Waals surface area (Å²) < 4.78 is 5.60. The van der Waals surface area contributed by atoms with Crippen LogP contribution in [-0.2, 0) is 19.4 Å². The van der Waals surface area contributed by atoms with Gasteiger partial charge >= 0.3 is 0 Å². The zero-order chi connectivity index (χ0) is 20.5. The molecule has 7 heteroatoms. The molecule has 2 aromatic heterocycles. The van der Waals surface area contributed by atoms with E-state index in [4.69, 9.17) is 4.74 Å². The lowest BCUT2D eigenvalue weighted by atomic mass is 10.1. The van der Waals surface area contributed by atoms with Crippen molar-refractivity contribution in [2.45, 2.75) is 45.6 Å². The molecular formula is C23H27N5OS. The fraction of sp³-hybridized carbons (Fsp3) is 0.435. The maximum Gasteiger partial charge on any atom is 0.158 e. The maximum atomic E-state index is 5.60. The largest absolute Gasteiger partial charge is 0.496 e. The quantitative estimate of drug-likeness (QED) is 0.465. The number of hydrogen-bond donors (Lipinski definition) is 1. The van der Waals surface area contributed by atoms with Gasteiger partial charge in [-0.15, -0.1) is 11.3 Å². The summed E-state index contributed by atoms with van der Waals surface area (Å²) in [5.74, 6) is 1.75. The third-order valence-corrected chi connectivity index (χ3v) is 7.32. The number of aromatic nitrogens is 2. The lowest BCUT2D eigenvalue weighted by Gasteiger charge is -2.18. The lowest BCUT2D eigenvalue weighted by Crippen LogP contribution is -2.19. The summed E-state index contributed by atoms with van der Waals surface area (Å²) in [6.45, 7) is 5.28. The highest BCUT2D eigenvalue weighted by Gasteiger charge is 2.21. The van der Waals surface area contributed by atoms with E-state index < -0.39 is 0 Å². The van der Waals surface area contributed by atoms with Crippen LogP contribution in [0.5, 0.6) is 5.75 Å². The Morgan fingerprint density at radius 1 is 1.20 bits per heavy atom. The Bertz CT molecular complexity index is 1100. The average Bonchev–Trinajstić information content (AvgIpc) is 3.49. The van der Waals surface area contributed by atoms with Crippen molar-refractivity contribution < 1.29 is 4.74 Å². The van der Waals surface area contributed by atoms with Crippen molar-refractivity contribution in [1.29, 1.82) is 0 Å². The minimum Gasteiger partial charge on any atom is -0.496 e. The fourth-order valence-corrected chi connectivity index (χ4v) is 5.75. The number of nitrogens with one attached hydrogen (secondary N) is 1. The normalized spacial score (nSPS) is 16.9. The molecule has 1 N–H and O–H groups in total. The summed E-state index contributed by atoms with van der Waals surface area (Å²) in [7, 11) is 1.74. The van der Waals surface area contributed by atoms with Crippen LogP contribution >= 0.6 is 11.3 Å². The fourth-order valence-electron chi connectivity index (χ4n) is 4.52. The van der Waals surface area contributed by atoms with E-state index in [1.807, 2.05) is 6.92 Å². The Kier molecular flexibility index (Phi) is 5.39. The van der Waals surface area contributed by atoms with Gasteiger partial charge in [0.15, 0.2) is 5.82 Å². The molecular weight excluding hydrogens is 394 g/mol. The summed E-state index contributed by atoms with van der Waals surface area (Å²) in [4.78, 5) is 14.0. The zero-order valence-electron chi connectivity index (χ0n) is 17.6. The molecule has 1 saturated heterocycles. The molecule has 0 spiro atoms. The first kappa shape index (κ1) is 19.5. The van der Waals surface area contributed by atoms with Gasteiger partial charge in [0.25, 0.3) is 0 Å². The molecule has 1 aromatic carbocycles. The third kappa shape index (κ3) is 3.68. The van der Waals surface area contributed by atoms with Crippen LogP contribution in [0, 0.1) is 0 Å². The van der Waals surface area contributed by atoms with Crippen molar-refractivity contribution in [3.63, 3.8) is 0 Å². The zero-order valence-corrected chi connectivity index (χ0v) is 18.4. The van der Waals surface area contributed by atoms with Crippen molar-refractivity contribution >= 4 is 33.1 Å². The Morgan fingerprint density at radius 2 is 2.07 bits per heavy atom. The SMILES string of the molecule is COc1ccc(/C(C)=N\Nc2ncnc3sc4c(c23)CCC4)cc1CN1CCCC1. The molecule has 0 unspecified atom stereocenters. The predicted molar refractivity (Wildman–Crippen MR) is 123 cm³/mol. The van der Waals surface area contributed by atoms with Gasteiger partial charge in [0.2, 0.25) is 0 Å². The van der Waals surface area contributed by atoms with E-state index in [0.717, 1.165) is 65.5 Å². The maximum absolute atomic E-state index is 5.60. The molecule has 1 aliphatic carbocycles. The summed E-state index contributed by atoms with van der Waals surface area (Å²) in [5.41, 5.74) is 7.87. The topological polar surface area (TPSA) is 62.6 Å². The number of likely N-dealkylation sites (tertiary alicyclic amines) is 1. The molecule has 3 heterocycles. The second-order valence-electron chi connectivity index (χ2n) is 8.08. The van der Waals surface area contributed by atoms with Crippen molar-refractivity contribution in [1.82, 2.24) is 14.9 Å². The highest BCUT2D eigenvalue weighted by molar-refractivity contribution is 7.19. The van der Waals surface area contributed by atoms with E-state index in [1.54, 1.807) is 24.8 Å². The van der Waals surface area contributed by atoms with Crippen LogP contribution in [0.3, 0.4) is 0 Å². The van der Waals surface area contributed by atoms with Gasteiger partial charge in [-0.2, -0.15) is 5.10 Å². The van der Waals surface area contributed by atoms with Crippen LogP contribution in [0.1, 0.15) is 47.8 Å². The average molecular weight is 422 g/mol. The van der Waals surface area contributed by atoms with Gasteiger partial charge in [0.05, 0.1) is 18.2 Å². The first-order valence-electron chi connectivity index (χ1n) is 10.7. The van der Waals surface area contributed by atoms with Crippen LogP contribution < -0.4 is 10.2 Å². The second kappa shape index (κ2) is 8.32. The number of anilines is 1. The number of hydrazone groups is 1. The number of ether oxygens (including phenoxy) is 1. The summed E-state index contributed by atoms with van der Waals surface area (Å²) in [6.07, 6.45) is 7.68. The van der Waals surface area contributed by atoms with E-state index >= 15 is 0 Å². The van der Waals surface area contributed by atoms with Gasteiger partial charge in [0, 0.05) is 17.0 Å². The highest BCUT2D eigenvalue weighted by Crippen LogP contribution is 2.39. The van der Waals surface area contributed by atoms with Gasteiger partial charge in [-0.25, -0.2) is 9.97 Å². The van der Waals surface area contributed by atoms with Gasteiger partial charge in [-0.3, -0.25) is 10.3 Å². The molecule has 1 aliphatic heterocycles. The van der Waals surface area contributed by atoms with Crippen molar-refractivity contribution in [3.05, 3.63) is 46.1 Å². The third-order valence-electron chi connectivity index (χ3n) is 6.12. The first-order valence-corrected chi connectivity index (χ1v) is 11.5. The van der Waals surface area contributed by atoms with Crippen LogP contribution in [0.2, 0.25) is 0 Å². The second-order valence-corrected chi connectivity index (χ2v) is 9.16. The number of methoxy groups -OCH3 is 1. The molecule has 6 nitrogen and oxygen atoms in total. The molecule has 1 fully saturated rings. The van der Waals surface area contributed by atoms with Crippen LogP contribution in [0.4, 0.5) is 5.82 Å². The van der Waals surface area contributed by atoms with Crippen molar-refractivity contribution in [2.75, 3.05) is 25.6 Å². The smallest absolute Gasteiger partial charge is 0.158 e.